The summed E-state index contributed by atoms with van der Waals surface area (Å²) in [6.45, 7) is 1.97. The molecule has 2 N–H and O–H groups in total. The van der Waals surface area contributed by atoms with Gasteiger partial charge in [-0.05, 0) is 17.7 Å². The van der Waals surface area contributed by atoms with E-state index < -0.39 is 6.10 Å². The van der Waals surface area contributed by atoms with Crippen LogP contribution in [0.1, 0.15) is 28.4 Å². The van der Waals surface area contributed by atoms with Crippen LogP contribution in [0.15, 0.2) is 48.5 Å². The van der Waals surface area contributed by atoms with E-state index in [-0.39, 0.29) is 5.78 Å². The van der Waals surface area contributed by atoms with Crippen LogP contribution in [-0.2, 0) is 0 Å². The molecule has 0 radical (unpaired) electrons. The first-order valence-electron chi connectivity index (χ1n) is 8.10. The first-order chi connectivity index (χ1) is 11.7. The number of fused-ring (bicyclic) bond motifs is 1. The van der Waals surface area contributed by atoms with Gasteiger partial charge in [0.05, 0.1) is 6.10 Å². The molecule has 0 saturated heterocycles. The number of aliphatic hydroxyl groups excluding tert-OH is 1. The molecule has 2 aromatic rings. The highest BCUT2D eigenvalue weighted by molar-refractivity contribution is 5.96. The van der Waals surface area contributed by atoms with Crippen LogP contribution >= 0.6 is 0 Å². The first-order valence-corrected chi connectivity index (χ1v) is 8.10. The van der Waals surface area contributed by atoms with E-state index in [1.54, 1.807) is 6.07 Å². The van der Waals surface area contributed by atoms with Crippen LogP contribution in [0.2, 0.25) is 0 Å². The Labute approximate surface area is 141 Å². The predicted octanol–water partition coefficient (Wildman–Crippen LogP) is 2.35. The minimum atomic E-state index is -0.660. The summed E-state index contributed by atoms with van der Waals surface area (Å²) >= 11 is 0. The van der Waals surface area contributed by atoms with E-state index in [1.165, 1.54) is 0 Å². The molecule has 0 fully saturated rings. The maximum absolute atomic E-state index is 12.0. The number of aliphatic hydroxyl groups is 1. The Kier molecular flexibility index (Phi) is 5.46. The number of Topliss-reactive ketones (excluding diaryl/α,β-unsaturated/α-hetero) is 1. The van der Waals surface area contributed by atoms with Crippen molar-refractivity contribution in [2.75, 3.05) is 26.3 Å². The van der Waals surface area contributed by atoms with Crippen molar-refractivity contribution in [3.05, 3.63) is 59.7 Å². The summed E-state index contributed by atoms with van der Waals surface area (Å²) in [6, 6.07) is 14.7. The number of nitrogens with one attached hydrogen (secondary N) is 1. The number of carbonyl (C=O) groups excluding carboxylic acids is 1. The molecule has 1 atom stereocenters. The monoisotopic (exact) mass is 327 g/mol. The number of ketones is 1. The summed E-state index contributed by atoms with van der Waals surface area (Å²) in [7, 11) is 0. The van der Waals surface area contributed by atoms with Crippen molar-refractivity contribution >= 4 is 5.78 Å². The van der Waals surface area contributed by atoms with Crippen molar-refractivity contribution < 1.29 is 19.4 Å². The largest absolute Gasteiger partial charge is 0.486 e. The van der Waals surface area contributed by atoms with E-state index in [0.29, 0.717) is 49.8 Å². The fourth-order valence-corrected chi connectivity index (χ4v) is 2.59. The van der Waals surface area contributed by atoms with Gasteiger partial charge in [-0.25, -0.2) is 0 Å². The first kappa shape index (κ1) is 16.5. The summed E-state index contributed by atoms with van der Waals surface area (Å²) < 4.78 is 11.0. The lowest BCUT2D eigenvalue weighted by atomic mass is 10.1. The van der Waals surface area contributed by atoms with Crippen LogP contribution in [-0.4, -0.2) is 37.2 Å². The van der Waals surface area contributed by atoms with Gasteiger partial charge in [0, 0.05) is 25.1 Å². The minimum Gasteiger partial charge on any atom is -0.486 e. The zero-order valence-electron chi connectivity index (χ0n) is 13.4. The summed E-state index contributed by atoms with van der Waals surface area (Å²) in [5.41, 5.74) is 1.48. The van der Waals surface area contributed by atoms with Gasteiger partial charge in [0.15, 0.2) is 17.3 Å². The summed E-state index contributed by atoms with van der Waals surface area (Å²) in [5, 5.41) is 13.4. The second kappa shape index (κ2) is 7.95. The molecule has 3 rings (SSSR count). The topological polar surface area (TPSA) is 67.8 Å². The molecular weight excluding hydrogens is 306 g/mol. The lowest BCUT2D eigenvalue weighted by molar-refractivity contribution is 0.0979. The van der Waals surface area contributed by atoms with Crippen molar-refractivity contribution in [2.45, 2.75) is 12.5 Å². The maximum atomic E-state index is 12.0. The summed E-state index contributed by atoms with van der Waals surface area (Å²) in [6.07, 6.45) is -0.259. The molecule has 0 bridgehead atoms. The number of hydrogen-bond donors (Lipinski definition) is 2. The van der Waals surface area contributed by atoms with Gasteiger partial charge in [0.25, 0.3) is 0 Å². The molecule has 0 saturated carbocycles. The van der Waals surface area contributed by atoms with Gasteiger partial charge in [0.2, 0.25) is 0 Å². The Morgan fingerprint density at radius 1 is 1.08 bits per heavy atom. The van der Waals surface area contributed by atoms with Gasteiger partial charge in [-0.2, -0.15) is 0 Å². The average Bonchev–Trinajstić information content (AvgIpc) is 2.65. The zero-order chi connectivity index (χ0) is 16.8. The van der Waals surface area contributed by atoms with Gasteiger partial charge in [-0.15, -0.1) is 0 Å². The molecule has 1 heterocycles. The van der Waals surface area contributed by atoms with E-state index in [2.05, 4.69) is 5.32 Å². The Balaban J connectivity index is 1.46. The highest BCUT2D eigenvalue weighted by Crippen LogP contribution is 2.32. The second-order valence-corrected chi connectivity index (χ2v) is 5.66. The van der Waals surface area contributed by atoms with Crippen LogP contribution in [0, 0.1) is 0 Å². The third kappa shape index (κ3) is 4.13. The molecule has 0 aliphatic carbocycles. The third-order valence-corrected chi connectivity index (χ3v) is 3.91. The van der Waals surface area contributed by atoms with E-state index in [4.69, 9.17) is 9.47 Å². The number of rotatable bonds is 7. The molecule has 24 heavy (non-hydrogen) atoms. The highest BCUT2D eigenvalue weighted by atomic mass is 16.6. The molecule has 5 nitrogen and oxygen atoms in total. The second-order valence-electron chi connectivity index (χ2n) is 5.66. The van der Waals surface area contributed by atoms with Crippen LogP contribution in [0.25, 0.3) is 0 Å². The summed E-state index contributed by atoms with van der Waals surface area (Å²) in [4.78, 5) is 12.0. The molecular formula is C19H21NO4. The molecule has 0 spiro atoms. The van der Waals surface area contributed by atoms with Crippen LogP contribution in [0.5, 0.6) is 11.5 Å². The normalized spacial score (nSPS) is 14.2. The molecule has 1 aliphatic rings. The van der Waals surface area contributed by atoms with Gasteiger partial charge < -0.3 is 19.9 Å². The van der Waals surface area contributed by atoms with Crippen molar-refractivity contribution in [3.63, 3.8) is 0 Å². The van der Waals surface area contributed by atoms with Gasteiger partial charge in [-0.3, -0.25) is 4.79 Å². The molecule has 126 valence electrons. The zero-order valence-corrected chi connectivity index (χ0v) is 13.4. The van der Waals surface area contributed by atoms with Crippen LogP contribution in [0.3, 0.4) is 0 Å². The Morgan fingerprint density at radius 2 is 1.83 bits per heavy atom. The minimum absolute atomic E-state index is 0.0944. The molecule has 1 aliphatic heterocycles. The molecule has 1 unspecified atom stereocenters. The van der Waals surface area contributed by atoms with Crippen molar-refractivity contribution in [3.8, 4) is 11.5 Å². The molecule has 5 heteroatoms. The number of benzene rings is 2. The fraction of sp³-hybridized carbons (Fsp3) is 0.316. The smallest absolute Gasteiger partial charge is 0.164 e. The lowest BCUT2D eigenvalue weighted by Gasteiger charge is -2.20. The molecule has 0 amide bonds. The van der Waals surface area contributed by atoms with Crippen LogP contribution in [0.4, 0.5) is 0 Å². The number of carbonyl (C=O) groups is 1. The van der Waals surface area contributed by atoms with E-state index in [0.717, 1.165) is 5.56 Å². The fourth-order valence-electron chi connectivity index (χ4n) is 2.59. The number of ether oxygens (including phenoxy) is 2. The van der Waals surface area contributed by atoms with Crippen LogP contribution < -0.4 is 14.8 Å². The number of hydrogen-bond acceptors (Lipinski definition) is 5. The molecule has 2 aromatic carbocycles. The van der Waals surface area contributed by atoms with Gasteiger partial charge in [-0.1, -0.05) is 36.4 Å². The van der Waals surface area contributed by atoms with Crippen molar-refractivity contribution in [1.82, 2.24) is 5.32 Å². The van der Waals surface area contributed by atoms with Gasteiger partial charge in [0.1, 0.15) is 13.2 Å². The standard InChI is InChI=1S/C19H21NO4/c21-16(14-4-2-1-3-5-14)8-9-20-13-17(22)15-6-7-18-19(12-15)24-11-10-23-18/h1-7,12,17,20,22H,8-11,13H2. The Bertz CT molecular complexity index is 687. The van der Waals surface area contributed by atoms with Crippen molar-refractivity contribution in [1.29, 1.82) is 0 Å². The van der Waals surface area contributed by atoms with E-state index in [9.17, 15) is 9.90 Å². The molecule has 0 aromatic heterocycles. The van der Waals surface area contributed by atoms with Gasteiger partial charge >= 0.3 is 0 Å². The average molecular weight is 327 g/mol. The highest BCUT2D eigenvalue weighted by Gasteiger charge is 2.15. The SMILES string of the molecule is O=C(CCNCC(O)c1ccc2c(c1)OCCO2)c1ccccc1. The Hall–Kier alpha value is -2.37. The third-order valence-electron chi connectivity index (χ3n) is 3.91. The van der Waals surface area contributed by atoms with Crippen molar-refractivity contribution in [2.24, 2.45) is 0 Å². The van der Waals surface area contributed by atoms with E-state index >= 15 is 0 Å². The lowest BCUT2D eigenvalue weighted by Crippen LogP contribution is -2.24. The van der Waals surface area contributed by atoms with E-state index in [1.807, 2.05) is 42.5 Å². The predicted molar refractivity (Wildman–Crippen MR) is 90.7 cm³/mol. The quantitative estimate of drug-likeness (QED) is 0.603. The Morgan fingerprint density at radius 3 is 2.62 bits per heavy atom. The summed E-state index contributed by atoms with van der Waals surface area (Å²) in [5.74, 6) is 1.47. The maximum Gasteiger partial charge on any atom is 0.164 e.